The number of nitrogens with zero attached hydrogens (tertiary/aromatic N) is 1. The zero-order valence-electron chi connectivity index (χ0n) is 14.9. The third-order valence-electron chi connectivity index (χ3n) is 3.94. The molecule has 0 aliphatic carbocycles. The van der Waals surface area contributed by atoms with Crippen LogP contribution in [-0.4, -0.2) is 10.7 Å². The van der Waals surface area contributed by atoms with Crippen molar-refractivity contribution in [2.75, 3.05) is 0 Å². The smallest absolute Gasteiger partial charge is 0.271 e. The zero-order valence-corrected chi connectivity index (χ0v) is 15.7. The van der Waals surface area contributed by atoms with Crippen LogP contribution in [0, 0.1) is 10.1 Å². The van der Waals surface area contributed by atoms with Gasteiger partial charge >= 0.3 is 0 Å². The van der Waals surface area contributed by atoms with Gasteiger partial charge in [-0.1, -0.05) is 35.9 Å². The Labute approximate surface area is 166 Å². The molecule has 0 aliphatic heterocycles. The van der Waals surface area contributed by atoms with Crippen LogP contribution in [0.25, 0.3) is 0 Å². The Morgan fingerprint density at radius 2 is 1.75 bits per heavy atom. The monoisotopic (exact) mass is 397 g/mol. The summed E-state index contributed by atoms with van der Waals surface area (Å²) >= 11 is 6.04. The first-order valence-electron chi connectivity index (χ1n) is 8.37. The van der Waals surface area contributed by atoms with E-state index in [1.807, 2.05) is 18.2 Å². The molecule has 0 bridgehead atoms. The van der Waals surface area contributed by atoms with Crippen LogP contribution < -0.4 is 9.47 Å². The molecule has 6 nitrogen and oxygen atoms in total. The Kier molecular flexibility index (Phi) is 5.91. The maximum atomic E-state index is 11.6. The van der Waals surface area contributed by atoms with Gasteiger partial charge in [0.1, 0.15) is 23.9 Å². The number of para-hydroxylation sites is 1. The molecule has 3 rings (SSSR count). The number of non-ortho nitro benzene ring substituents is 1. The van der Waals surface area contributed by atoms with E-state index in [1.165, 1.54) is 25.1 Å². The first kappa shape index (κ1) is 19.4. The number of halogens is 1. The fraction of sp³-hybridized carbons (Fsp3) is 0.0952. The Balaban J connectivity index is 1.66. The standard InChI is InChI=1S/C21H16ClNO5/c1-14(24)18-4-2-3-5-20(18)27-13-15-6-9-17(10-7-15)28-21-11-8-16(23(25)26)12-19(21)22/h2-12H,13H2,1H3. The summed E-state index contributed by atoms with van der Waals surface area (Å²) in [6.07, 6.45) is 0. The highest BCUT2D eigenvalue weighted by Crippen LogP contribution is 2.32. The number of rotatable bonds is 7. The molecule has 0 aliphatic rings. The van der Waals surface area contributed by atoms with E-state index < -0.39 is 4.92 Å². The van der Waals surface area contributed by atoms with Crippen LogP contribution in [-0.2, 0) is 6.61 Å². The maximum absolute atomic E-state index is 11.6. The minimum Gasteiger partial charge on any atom is -0.488 e. The summed E-state index contributed by atoms with van der Waals surface area (Å²) in [4.78, 5) is 21.9. The highest BCUT2D eigenvalue weighted by Gasteiger charge is 2.11. The van der Waals surface area contributed by atoms with Gasteiger partial charge in [0.05, 0.1) is 15.5 Å². The van der Waals surface area contributed by atoms with Crippen LogP contribution in [0.3, 0.4) is 0 Å². The molecule has 0 spiro atoms. The van der Waals surface area contributed by atoms with Crippen LogP contribution in [0.2, 0.25) is 5.02 Å². The number of ether oxygens (including phenoxy) is 2. The van der Waals surface area contributed by atoms with Gasteiger partial charge in [0, 0.05) is 12.1 Å². The van der Waals surface area contributed by atoms with Crippen LogP contribution in [0.5, 0.6) is 17.2 Å². The van der Waals surface area contributed by atoms with Crippen molar-refractivity contribution in [3.8, 4) is 17.2 Å². The Hall–Kier alpha value is -3.38. The lowest BCUT2D eigenvalue weighted by atomic mass is 10.1. The summed E-state index contributed by atoms with van der Waals surface area (Å²) in [7, 11) is 0. The van der Waals surface area contributed by atoms with E-state index in [9.17, 15) is 14.9 Å². The lowest BCUT2D eigenvalue weighted by Gasteiger charge is -2.11. The van der Waals surface area contributed by atoms with Gasteiger partial charge < -0.3 is 9.47 Å². The fourth-order valence-electron chi connectivity index (χ4n) is 2.51. The summed E-state index contributed by atoms with van der Waals surface area (Å²) in [6, 6.07) is 18.2. The van der Waals surface area contributed by atoms with E-state index in [0.29, 0.717) is 29.4 Å². The lowest BCUT2D eigenvalue weighted by molar-refractivity contribution is -0.384. The number of nitro benzene ring substituents is 1. The van der Waals surface area contributed by atoms with Crippen LogP contribution in [0.1, 0.15) is 22.8 Å². The average Bonchev–Trinajstić information content (AvgIpc) is 2.69. The van der Waals surface area contributed by atoms with Gasteiger partial charge in [0.2, 0.25) is 0 Å². The van der Waals surface area contributed by atoms with Gasteiger partial charge in [-0.3, -0.25) is 14.9 Å². The van der Waals surface area contributed by atoms with Crippen molar-refractivity contribution in [2.24, 2.45) is 0 Å². The van der Waals surface area contributed by atoms with Crippen molar-refractivity contribution in [1.29, 1.82) is 0 Å². The average molecular weight is 398 g/mol. The Morgan fingerprint density at radius 1 is 1.04 bits per heavy atom. The van der Waals surface area contributed by atoms with E-state index >= 15 is 0 Å². The van der Waals surface area contributed by atoms with Gasteiger partial charge in [-0.15, -0.1) is 0 Å². The van der Waals surface area contributed by atoms with Crippen LogP contribution in [0.15, 0.2) is 66.7 Å². The molecule has 0 saturated heterocycles. The molecule has 7 heteroatoms. The normalized spacial score (nSPS) is 10.4. The Bertz CT molecular complexity index is 1020. The van der Waals surface area contributed by atoms with E-state index in [-0.39, 0.29) is 16.5 Å². The van der Waals surface area contributed by atoms with Crippen molar-refractivity contribution in [1.82, 2.24) is 0 Å². The molecule has 0 atom stereocenters. The minimum atomic E-state index is -0.519. The molecule has 0 N–H and O–H groups in total. The quantitative estimate of drug-likeness (QED) is 0.285. The summed E-state index contributed by atoms with van der Waals surface area (Å²) in [6.45, 7) is 1.79. The molecular formula is C21H16ClNO5. The number of Topliss-reactive ketones (excluding diaryl/α,β-unsaturated/α-hetero) is 1. The molecule has 0 aromatic heterocycles. The van der Waals surface area contributed by atoms with Gasteiger partial charge in [0.15, 0.2) is 5.78 Å². The topological polar surface area (TPSA) is 78.7 Å². The molecule has 0 fully saturated rings. The molecule has 0 amide bonds. The van der Waals surface area contributed by atoms with Crippen LogP contribution in [0.4, 0.5) is 5.69 Å². The first-order chi connectivity index (χ1) is 13.4. The molecule has 3 aromatic rings. The maximum Gasteiger partial charge on any atom is 0.271 e. The summed E-state index contributed by atoms with van der Waals surface area (Å²) in [5.41, 5.74) is 1.33. The van der Waals surface area contributed by atoms with Crippen molar-refractivity contribution in [2.45, 2.75) is 13.5 Å². The fourth-order valence-corrected chi connectivity index (χ4v) is 2.72. The molecule has 0 unspecified atom stereocenters. The summed E-state index contributed by atoms with van der Waals surface area (Å²) in [5, 5.41) is 10.9. The predicted molar refractivity (Wildman–Crippen MR) is 105 cm³/mol. The van der Waals surface area contributed by atoms with Gasteiger partial charge in [-0.05, 0) is 42.8 Å². The first-order valence-corrected chi connectivity index (χ1v) is 8.75. The third kappa shape index (κ3) is 4.66. The van der Waals surface area contributed by atoms with Gasteiger partial charge in [-0.25, -0.2) is 0 Å². The number of carbonyl (C=O) groups excluding carboxylic acids is 1. The van der Waals surface area contributed by atoms with E-state index in [4.69, 9.17) is 21.1 Å². The largest absolute Gasteiger partial charge is 0.488 e. The molecule has 3 aromatic carbocycles. The van der Waals surface area contributed by atoms with E-state index in [1.54, 1.807) is 30.3 Å². The van der Waals surface area contributed by atoms with Gasteiger partial charge in [-0.2, -0.15) is 0 Å². The van der Waals surface area contributed by atoms with Crippen LogP contribution >= 0.6 is 11.6 Å². The number of ketones is 1. The molecule has 142 valence electrons. The Morgan fingerprint density at radius 3 is 2.39 bits per heavy atom. The molecular weight excluding hydrogens is 382 g/mol. The molecule has 0 radical (unpaired) electrons. The van der Waals surface area contributed by atoms with Gasteiger partial charge in [0.25, 0.3) is 5.69 Å². The lowest BCUT2D eigenvalue weighted by Crippen LogP contribution is -2.01. The van der Waals surface area contributed by atoms with Crippen molar-refractivity contribution < 1.29 is 19.2 Å². The number of carbonyl (C=O) groups is 1. The van der Waals surface area contributed by atoms with E-state index in [0.717, 1.165) is 5.56 Å². The second kappa shape index (κ2) is 8.54. The second-order valence-corrected chi connectivity index (χ2v) is 6.37. The van der Waals surface area contributed by atoms with Crippen molar-refractivity contribution >= 4 is 23.1 Å². The molecule has 28 heavy (non-hydrogen) atoms. The second-order valence-electron chi connectivity index (χ2n) is 5.96. The van der Waals surface area contributed by atoms with Crippen molar-refractivity contribution in [3.63, 3.8) is 0 Å². The number of hydrogen-bond donors (Lipinski definition) is 0. The molecule has 0 saturated carbocycles. The predicted octanol–water partition coefficient (Wildman–Crippen LogP) is 5.82. The highest BCUT2D eigenvalue weighted by molar-refractivity contribution is 6.32. The molecule has 0 heterocycles. The van der Waals surface area contributed by atoms with Crippen molar-refractivity contribution in [3.05, 3.63) is 93.0 Å². The number of hydrogen-bond acceptors (Lipinski definition) is 5. The van der Waals surface area contributed by atoms with E-state index in [2.05, 4.69) is 0 Å². The number of nitro groups is 1. The summed E-state index contributed by atoms with van der Waals surface area (Å²) < 4.78 is 11.4. The summed E-state index contributed by atoms with van der Waals surface area (Å²) in [5.74, 6) is 1.34. The third-order valence-corrected chi connectivity index (χ3v) is 4.23. The highest BCUT2D eigenvalue weighted by atomic mass is 35.5. The SMILES string of the molecule is CC(=O)c1ccccc1OCc1ccc(Oc2ccc([N+](=O)[O-])cc2Cl)cc1. The zero-order chi connectivity index (χ0) is 20.1. The minimum absolute atomic E-state index is 0.0562. The number of benzene rings is 3.